The van der Waals surface area contributed by atoms with Gasteiger partial charge in [0.2, 0.25) is 5.91 Å². The van der Waals surface area contributed by atoms with Crippen molar-refractivity contribution < 1.29 is 22.7 Å². The number of amides is 1. The summed E-state index contributed by atoms with van der Waals surface area (Å²) in [4.78, 5) is 11.6. The summed E-state index contributed by atoms with van der Waals surface area (Å²) in [5, 5.41) is 1.98. The Hall–Kier alpha value is -1.27. The smallest absolute Gasteiger partial charge is 0.375 e. The number of carbonyl (C=O) groups is 1. The Labute approximate surface area is 126 Å². The molecule has 0 atom stereocenters. The minimum Gasteiger partial charge on any atom is -0.375 e. The van der Waals surface area contributed by atoms with Crippen LogP contribution in [0.1, 0.15) is 32.8 Å². The highest BCUT2D eigenvalue weighted by Crippen LogP contribution is 2.36. The number of alkyl halides is 3. The number of ether oxygens (including phenoxy) is 1. The second-order valence-electron chi connectivity index (χ2n) is 5.45. The largest absolute Gasteiger partial charge is 0.417 e. The number of halogens is 4. The average molecular weight is 324 g/mol. The monoisotopic (exact) mass is 323 g/mol. The highest BCUT2D eigenvalue weighted by molar-refractivity contribution is 6.31. The fourth-order valence-electron chi connectivity index (χ4n) is 1.49. The maximum atomic E-state index is 12.7. The normalized spacial score (nSPS) is 12.3. The molecule has 0 aliphatic heterocycles. The summed E-state index contributed by atoms with van der Waals surface area (Å²) in [6.45, 7) is 5.73. The quantitative estimate of drug-likeness (QED) is 0.885. The molecule has 0 unspecified atom stereocenters. The van der Waals surface area contributed by atoms with E-state index in [4.69, 9.17) is 16.3 Å². The number of rotatable bonds is 4. The zero-order valence-electron chi connectivity index (χ0n) is 12.0. The van der Waals surface area contributed by atoms with Crippen molar-refractivity contribution in [2.45, 2.75) is 39.0 Å². The van der Waals surface area contributed by atoms with Gasteiger partial charge in [0, 0.05) is 5.69 Å². The van der Waals surface area contributed by atoms with E-state index in [1.54, 1.807) is 0 Å². The van der Waals surface area contributed by atoms with Crippen LogP contribution in [0.5, 0.6) is 0 Å². The second-order valence-corrected chi connectivity index (χ2v) is 5.86. The molecule has 1 rings (SSSR count). The fourth-order valence-corrected chi connectivity index (χ4v) is 1.72. The van der Waals surface area contributed by atoms with Crippen LogP contribution in [-0.2, 0) is 15.7 Å². The lowest BCUT2D eigenvalue weighted by molar-refractivity contribution is -0.137. The lowest BCUT2D eigenvalue weighted by Gasteiger charge is -2.19. The predicted molar refractivity (Wildman–Crippen MR) is 75.4 cm³/mol. The Morgan fingerprint density at radius 2 is 1.90 bits per heavy atom. The predicted octanol–water partition coefficient (Wildman–Crippen LogP) is 4.50. The highest BCUT2D eigenvalue weighted by atomic mass is 35.5. The van der Waals surface area contributed by atoms with E-state index in [0.717, 1.165) is 12.1 Å². The zero-order chi connectivity index (χ0) is 16.3. The number of anilines is 1. The molecule has 1 aromatic rings. The molecular weight excluding hydrogens is 307 g/mol. The number of hydrogen-bond donors (Lipinski definition) is 1. The van der Waals surface area contributed by atoms with E-state index in [1.807, 2.05) is 20.8 Å². The third-order valence-corrected chi connectivity index (χ3v) is 2.75. The molecule has 0 aliphatic rings. The maximum absolute atomic E-state index is 12.7. The minimum atomic E-state index is -4.56. The van der Waals surface area contributed by atoms with Crippen molar-refractivity contribution in [3.8, 4) is 0 Å². The van der Waals surface area contributed by atoms with Gasteiger partial charge in [0.25, 0.3) is 0 Å². The molecular formula is C14H17ClF3NO2. The standard InChI is InChI=1S/C14H17ClF3NO2/c1-13(2,3)21-7-6-12(20)19-9-4-5-11(15)10(8-9)14(16,17)18/h4-5,8H,6-7H2,1-3H3,(H,19,20). The Bertz CT molecular complexity index is 510. The molecule has 118 valence electrons. The van der Waals surface area contributed by atoms with E-state index in [9.17, 15) is 18.0 Å². The molecule has 1 aromatic carbocycles. The van der Waals surface area contributed by atoms with Crippen LogP contribution in [0.25, 0.3) is 0 Å². The average Bonchev–Trinajstić information content (AvgIpc) is 2.28. The second kappa shape index (κ2) is 6.66. The summed E-state index contributed by atoms with van der Waals surface area (Å²) in [6.07, 6.45) is -4.51. The zero-order valence-corrected chi connectivity index (χ0v) is 12.7. The SMILES string of the molecule is CC(C)(C)OCCC(=O)Nc1ccc(Cl)c(C(F)(F)F)c1. The van der Waals surface area contributed by atoms with Crippen LogP contribution in [0.4, 0.5) is 18.9 Å². The van der Waals surface area contributed by atoms with Crippen LogP contribution >= 0.6 is 11.6 Å². The van der Waals surface area contributed by atoms with Gasteiger partial charge in [-0.1, -0.05) is 11.6 Å². The van der Waals surface area contributed by atoms with Gasteiger partial charge >= 0.3 is 6.18 Å². The lowest BCUT2D eigenvalue weighted by atomic mass is 10.2. The molecule has 0 spiro atoms. The molecule has 0 bridgehead atoms. The summed E-state index contributed by atoms with van der Waals surface area (Å²) in [5.74, 6) is -0.422. The lowest BCUT2D eigenvalue weighted by Crippen LogP contribution is -2.22. The van der Waals surface area contributed by atoms with Crippen molar-refractivity contribution in [3.63, 3.8) is 0 Å². The topological polar surface area (TPSA) is 38.3 Å². The van der Waals surface area contributed by atoms with Crippen molar-refractivity contribution in [1.82, 2.24) is 0 Å². The number of benzene rings is 1. The maximum Gasteiger partial charge on any atom is 0.417 e. The Morgan fingerprint density at radius 3 is 2.43 bits per heavy atom. The first-order valence-corrected chi connectivity index (χ1v) is 6.67. The summed E-state index contributed by atoms with van der Waals surface area (Å²) >= 11 is 5.50. The summed E-state index contributed by atoms with van der Waals surface area (Å²) in [6, 6.07) is 3.23. The Balaban J connectivity index is 2.65. The summed E-state index contributed by atoms with van der Waals surface area (Å²) < 4.78 is 43.4. The molecule has 7 heteroatoms. The van der Waals surface area contributed by atoms with Crippen molar-refractivity contribution in [2.24, 2.45) is 0 Å². The van der Waals surface area contributed by atoms with Crippen molar-refractivity contribution >= 4 is 23.2 Å². The van der Waals surface area contributed by atoms with Gasteiger partial charge in [-0.2, -0.15) is 13.2 Å². The van der Waals surface area contributed by atoms with Crippen molar-refractivity contribution in [2.75, 3.05) is 11.9 Å². The molecule has 0 aromatic heterocycles. The van der Waals surface area contributed by atoms with E-state index in [-0.39, 0.29) is 24.3 Å². The first kappa shape index (κ1) is 17.8. The molecule has 3 nitrogen and oxygen atoms in total. The van der Waals surface area contributed by atoms with Gasteiger partial charge in [0.1, 0.15) is 0 Å². The van der Waals surface area contributed by atoms with Gasteiger partial charge in [-0.3, -0.25) is 4.79 Å². The van der Waals surface area contributed by atoms with Gasteiger partial charge in [-0.05, 0) is 39.0 Å². The van der Waals surface area contributed by atoms with Gasteiger partial charge in [-0.15, -0.1) is 0 Å². The summed E-state index contributed by atoms with van der Waals surface area (Å²) in [7, 11) is 0. The van der Waals surface area contributed by atoms with E-state index in [1.165, 1.54) is 6.07 Å². The van der Waals surface area contributed by atoms with Gasteiger partial charge in [-0.25, -0.2) is 0 Å². The highest BCUT2D eigenvalue weighted by Gasteiger charge is 2.33. The molecule has 0 fully saturated rings. The van der Waals surface area contributed by atoms with E-state index in [2.05, 4.69) is 5.32 Å². The third-order valence-electron chi connectivity index (χ3n) is 2.42. The molecule has 1 N–H and O–H groups in total. The third kappa shape index (κ3) is 6.35. The van der Waals surface area contributed by atoms with E-state index >= 15 is 0 Å². The molecule has 0 aliphatic carbocycles. The molecule has 0 saturated heterocycles. The summed E-state index contributed by atoms with van der Waals surface area (Å²) in [5.41, 5.74) is -1.30. The van der Waals surface area contributed by atoms with E-state index < -0.39 is 22.7 Å². The van der Waals surface area contributed by atoms with Gasteiger partial charge in [0.05, 0.1) is 29.2 Å². The van der Waals surface area contributed by atoms with E-state index in [0.29, 0.717) is 0 Å². The first-order chi connectivity index (χ1) is 9.49. The van der Waals surface area contributed by atoms with Crippen LogP contribution in [0.3, 0.4) is 0 Å². The molecule has 1 amide bonds. The number of hydrogen-bond acceptors (Lipinski definition) is 2. The molecule has 0 heterocycles. The minimum absolute atomic E-state index is 0.0486. The van der Waals surface area contributed by atoms with Crippen LogP contribution in [-0.4, -0.2) is 18.1 Å². The van der Waals surface area contributed by atoms with Crippen LogP contribution in [0, 0.1) is 0 Å². The Morgan fingerprint density at radius 1 is 1.29 bits per heavy atom. The van der Waals surface area contributed by atoms with Crippen LogP contribution < -0.4 is 5.32 Å². The molecule has 0 saturated carbocycles. The van der Waals surface area contributed by atoms with Crippen LogP contribution in [0.15, 0.2) is 18.2 Å². The van der Waals surface area contributed by atoms with Gasteiger partial charge in [0.15, 0.2) is 0 Å². The Kier molecular flexibility index (Phi) is 5.64. The van der Waals surface area contributed by atoms with Crippen molar-refractivity contribution in [3.05, 3.63) is 28.8 Å². The molecule has 21 heavy (non-hydrogen) atoms. The fraction of sp³-hybridized carbons (Fsp3) is 0.500. The first-order valence-electron chi connectivity index (χ1n) is 6.29. The van der Waals surface area contributed by atoms with Crippen LogP contribution in [0.2, 0.25) is 5.02 Å². The molecule has 0 radical (unpaired) electrons. The van der Waals surface area contributed by atoms with Gasteiger partial charge < -0.3 is 10.1 Å². The number of carbonyl (C=O) groups excluding carboxylic acids is 1. The van der Waals surface area contributed by atoms with Crippen molar-refractivity contribution in [1.29, 1.82) is 0 Å². The number of nitrogens with one attached hydrogen (secondary N) is 1.